The summed E-state index contributed by atoms with van der Waals surface area (Å²) in [5, 5.41) is 14.8. The first-order chi connectivity index (χ1) is 18.0. The van der Waals surface area contributed by atoms with Gasteiger partial charge in [0.1, 0.15) is 6.04 Å². The van der Waals surface area contributed by atoms with Crippen molar-refractivity contribution in [2.45, 2.75) is 45.3 Å². The van der Waals surface area contributed by atoms with Gasteiger partial charge in [0, 0.05) is 41.6 Å². The molecule has 4 heterocycles. The second-order valence-corrected chi connectivity index (χ2v) is 11.6. The predicted molar refractivity (Wildman–Crippen MR) is 144 cm³/mol. The summed E-state index contributed by atoms with van der Waals surface area (Å²) < 4.78 is 5.97. The highest BCUT2D eigenvalue weighted by Crippen LogP contribution is 2.34. The number of fused-ring (bicyclic) bond motifs is 3. The Morgan fingerprint density at radius 1 is 1.21 bits per heavy atom. The fourth-order valence-corrected chi connectivity index (χ4v) is 5.55. The Morgan fingerprint density at radius 3 is 2.66 bits per heavy atom. The number of aliphatic carboxylic acids is 1. The van der Waals surface area contributed by atoms with Crippen LogP contribution in [0.5, 0.6) is 0 Å². The molecule has 0 unspecified atom stereocenters. The Bertz CT molecular complexity index is 1410. The molecular formula is C27H32ClN5O5. The molecule has 2 fully saturated rings. The molecule has 0 spiro atoms. The van der Waals surface area contributed by atoms with Gasteiger partial charge in [-0.15, -0.1) is 0 Å². The van der Waals surface area contributed by atoms with Gasteiger partial charge in [0.05, 0.1) is 47.1 Å². The monoisotopic (exact) mass is 541 g/mol. The van der Waals surface area contributed by atoms with Crippen LogP contribution in [0.15, 0.2) is 30.6 Å². The maximum Gasteiger partial charge on any atom is 0.309 e. The van der Waals surface area contributed by atoms with E-state index in [0.29, 0.717) is 43.2 Å². The maximum atomic E-state index is 13.6. The molecule has 2 aromatic heterocycles. The van der Waals surface area contributed by atoms with E-state index < -0.39 is 23.0 Å². The molecule has 0 radical (unpaired) electrons. The standard InChI is InChI=1S/C27H32ClN5O5/c1-26(2)15-33(13-22(34)32-8-5-27(3,6-9-32)25(36)37)21(14-38-26)24(35)31-19-11-16(28)10-18-17-4-7-29-12-20(17)30-23(18)19/h4,7,10-12,21,30H,5-6,8-9,13-15H2,1-3H3,(H,31,35)(H,36,37)/t21-/m0/s1. The van der Waals surface area contributed by atoms with Crippen molar-refractivity contribution in [1.29, 1.82) is 0 Å². The van der Waals surface area contributed by atoms with Crippen LogP contribution in [-0.4, -0.2) is 87.1 Å². The number of hydrogen-bond acceptors (Lipinski definition) is 6. The van der Waals surface area contributed by atoms with Crippen LogP contribution in [0.4, 0.5) is 5.69 Å². The minimum Gasteiger partial charge on any atom is -0.481 e. The molecule has 1 atom stereocenters. The van der Waals surface area contributed by atoms with Gasteiger partial charge in [0.25, 0.3) is 0 Å². The zero-order chi connectivity index (χ0) is 27.2. The lowest BCUT2D eigenvalue weighted by Gasteiger charge is -2.43. The van der Waals surface area contributed by atoms with Crippen LogP contribution >= 0.6 is 11.6 Å². The second kappa shape index (κ2) is 9.83. The number of carbonyl (C=O) groups excluding carboxylic acids is 2. The van der Waals surface area contributed by atoms with Crippen LogP contribution in [-0.2, 0) is 19.1 Å². The van der Waals surface area contributed by atoms with Gasteiger partial charge in [-0.2, -0.15) is 0 Å². The first-order valence-corrected chi connectivity index (χ1v) is 13.1. The van der Waals surface area contributed by atoms with E-state index in [4.69, 9.17) is 16.3 Å². The summed E-state index contributed by atoms with van der Waals surface area (Å²) in [6, 6.07) is 4.73. The van der Waals surface area contributed by atoms with E-state index >= 15 is 0 Å². The third kappa shape index (κ3) is 5.08. The molecule has 3 N–H and O–H groups in total. The minimum absolute atomic E-state index is 0.0394. The number of anilines is 1. The average Bonchev–Trinajstić information content (AvgIpc) is 3.22. The number of benzene rings is 1. The zero-order valence-corrected chi connectivity index (χ0v) is 22.5. The van der Waals surface area contributed by atoms with Crippen molar-refractivity contribution in [3.63, 3.8) is 0 Å². The van der Waals surface area contributed by atoms with E-state index in [1.165, 1.54) is 0 Å². The largest absolute Gasteiger partial charge is 0.481 e. The summed E-state index contributed by atoms with van der Waals surface area (Å²) >= 11 is 6.41. The number of carboxylic acids is 1. The summed E-state index contributed by atoms with van der Waals surface area (Å²) in [6.07, 6.45) is 4.23. The molecule has 2 aliphatic rings. The van der Waals surface area contributed by atoms with Gasteiger partial charge in [-0.25, -0.2) is 0 Å². The number of piperidine rings is 1. The van der Waals surface area contributed by atoms with Crippen LogP contribution in [0.25, 0.3) is 21.8 Å². The molecule has 3 aromatic rings. The van der Waals surface area contributed by atoms with Crippen molar-refractivity contribution < 1.29 is 24.2 Å². The van der Waals surface area contributed by atoms with Gasteiger partial charge >= 0.3 is 5.97 Å². The van der Waals surface area contributed by atoms with Crippen LogP contribution < -0.4 is 5.32 Å². The minimum atomic E-state index is -0.836. The number of likely N-dealkylation sites (tertiary alicyclic amines) is 1. The number of aromatic nitrogens is 2. The molecule has 2 aliphatic heterocycles. The third-order valence-corrected chi connectivity index (χ3v) is 7.98. The van der Waals surface area contributed by atoms with E-state index in [9.17, 15) is 19.5 Å². The molecule has 0 aliphatic carbocycles. The first kappa shape index (κ1) is 26.4. The van der Waals surface area contributed by atoms with Gasteiger partial charge in [-0.1, -0.05) is 11.6 Å². The number of amides is 2. The van der Waals surface area contributed by atoms with Crippen LogP contribution in [0.1, 0.15) is 33.6 Å². The summed E-state index contributed by atoms with van der Waals surface area (Å²) in [7, 11) is 0. The average molecular weight is 542 g/mol. The van der Waals surface area contributed by atoms with Crippen molar-refractivity contribution in [2.24, 2.45) is 5.41 Å². The Labute approximate surface area is 225 Å². The SMILES string of the molecule is CC1(C)CN(CC(=O)N2CCC(C)(C(=O)O)CC2)[C@H](C(=O)Nc2cc(Cl)cc3c2[nH]c2cnccc23)CO1. The highest BCUT2D eigenvalue weighted by molar-refractivity contribution is 6.33. The van der Waals surface area contributed by atoms with Crippen molar-refractivity contribution in [3.05, 3.63) is 35.6 Å². The van der Waals surface area contributed by atoms with E-state index in [2.05, 4.69) is 15.3 Å². The molecule has 0 saturated carbocycles. The van der Waals surface area contributed by atoms with Gasteiger partial charge < -0.3 is 25.0 Å². The summed E-state index contributed by atoms with van der Waals surface area (Å²) in [4.78, 5) is 49.4. The lowest BCUT2D eigenvalue weighted by molar-refractivity contribution is -0.156. The van der Waals surface area contributed by atoms with Gasteiger partial charge in [-0.3, -0.25) is 24.3 Å². The second-order valence-electron chi connectivity index (χ2n) is 11.1. The number of ether oxygens (including phenoxy) is 1. The first-order valence-electron chi connectivity index (χ1n) is 12.7. The number of hydrogen-bond donors (Lipinski definition) is 3. The smallest absolute Gasteiger partial charge is 0.309 e. The molecule has 202 valence electrons. The molecule has 5 rings (SSSR count). The van der Waals surface area contributed by atoms with E-state index in [0.717, 1.165) is 21.8 Å². The normalized spacial score (nSPS) is 21.5. The molecule has 10 nitrogen and oxygen atoms in total. The number of carbonyl (C=O) groups is 3. The molecule has 1 aromatic carbocycles. The van der Waals surface area contributed by atoms with Gasteiger partial charge in [-0.05, 0) is 51.8 Å². The molecule has 38 heavy (non-hydrogen) atoms. The van der Waals surface area contributed by atoms with Crippen molar-refractivity contribution in [3.8, 4) is 0 Å². The molecule has 2 amide bonds. The number of nitrogens with one attached hydrogen (secondary N) is 2. The summed E-state index contributed by atoms with van der Waals surface area (Å²) in [5.41, 5.74) is 0.750. The van der Waals surface area contributed by atoms with Crippen molar-refractivity contribution in [1.82, 2.24) is 19.8 Å². The summed E-state index contributed by atoms with van der Waals surface area (Å²) in [5.74, 6) is -1.26. The number of nitrogens with zero attached hydrogens (tertiary/aromatic N) is 3. The zero-order valence-electron chi connectivity index (χ0n) is 21.7. The van der Waals surface area contributed by atoms with Crippen molar-refractivity contribution >= 4 is 56.9 Å². The Morgan fingerprint density at radius 2 is 1.95 bits per heavy atom. The number of pyridine rings is 1. The number of H-pyrrole nitrogens is 1. The van der Waals surface area contributed by atoms with Crippen LogP contribution in [0, 0.1) is 5.41 Å². The molecule has 0 bridgehead atoms. The molecule has 2 saturated heterocycles. The predicted octanol–water partition coefficient (Wildman–Crippen LogP) is 3.50. The van der Waals surface area contributed by atoms with Crippen molar-refractivity contribution in [2.75, 3.05) is 38.1 Å². The highest BCUT2D eigenvalue weighted by atomic mass is 35.5. The van der Waals surface area contributed by atoms with Crippen LogP contribution in [0.2, 0.25) is 5.02 Å². The third-order valence-electron chi connectivity index (χ3n) is 7.77. The van der Waals surface area contributed by atoms with E-state index in [-0.39, 0.29) is 25.0 Å². The quantitative estimate of drug-likeness (QED) is 0.451. The number of morpholine rings is 1. The Balaban J connectivity index is 1.35. The lowest BCUT2D eigenvalue weighted by atomic mass is 9.80. The Kier molecular flexibility index (Phi) is 6.83. The highest BCUT2D eigenvalue weighted by Gasteiger charge is 2.41. The van der Waals surface area contributed by atoms with E-state index in [1.807, 2.05) is 30.9 Å². The lowest BCUT2D eigenvalue weighted by Crippen LogP contribution is -2.60. The number of halogens is 1. The Hall–Kier alpha value is -3.21. The topological polar surface area (TPSA) is 128 Å². The molecular weight excluding hydrogens is 510 g/mol. The maximum absolute atomic E-state index is 13.6. The van der Waals surface area contributed by atoms with Gasteiger partial charge in [0.15, 0.2) is 0 Å². The van der Waals surface area contributed by atoms with E-state index in [1.54, 1.807) is 30.3 Å². The fourth-order valence-electron chi connectivity index (χ4n) is 5.33. The molecule has 11 heteroatoms. The van der Waals surface area contributed by atoms with Crippen LogP contribution in [0.3, 0.4) is 0 Å². The van der Waals surface area contributed by atoms with Gasteiger partial charge in [0.2, 0.25) is 11.8 Å². The number of carboxylic acid groups (broad SMARTS) is 1. The fraction of sp³-hybridized carbons (Fsp3) is 0.481. The number of rotatable bonds is 5. The number of aromatic amines is 1. The summed E-state index contributed by atoms with van der Waals surface area (Å²) in [6.45, 7) is 6.89.